The van der Waals surface area contributed by atoms with Crippen LogP contribution in [0.15, 0.2) is 18.3 Å². The van der Waals surface area contributed by atoms with E-state index in [-0.39, 0.29) is 0 Å². The van der Waals surface area contributed by atoms with Gasteiger partial charge >= 0.3 is 0 Å². The van der Waals surface area contributed by atoms with Gasteiger partial charge in [0.05, 0.1) is 12.5 Å². The second-order valence-electron chi connectivity index (χ2n) is 4.52. The number of aromatic nitrogens is 1. The van der Waals surface area contributed by atoms with Gasteiger partial charge in [-0.15, -0.1) is 11.6 Å². The molecule has 17 heavy (non-hydrogen) atoms. The molecule has 1 saturated heterocycles. The molecule has 0 spiro atoms. The molecule has 1 aromatic rings. The van der Waals surface area contributed by atoms with Crippen LogP contribution < -0.4 is 4.74 Å². The predicted molar refractivity (Wildman–Crippen MR) is 69.6 cm³/mol. The van der Waals surface area contributed by atoms with Gasteiger partial charge in [-0.3, -0.25) is 0 Å². The molecule has 0 aliphatic carbocycles. The summed E-state index contributed by atoms with van der Waals surface area (Å²) in [5.74, 6) is 1.13. The third kappa shape index (κ3) is 3.33. The van der Waals surface area contributed by atoms with Crippen LogP contribution in [0.25, 0.3) is 0 Å². The molecule has 2 heterocycles. The van der Waals surface area contributed by atoms with Gasteiger partial charge in [0.25, 0.3) is 0 Å². The maximum absolute atomic E-state index is 5.83. The Morgan fingerprint density at radius 1 is 1.59 bits per heavy atom. The first-order valence-electron chi connectivity index (χ1n) is 6.14. The zero-order chi connectivity index (χ0) is 12.1. The molecule has 0 bridgehead atoms. The summed E-state index contributed by atoms with van der Waals surface area (Å²) in [4.78, 5) is 6.62. The monoisotopic (exact) mass is 254 g/mol. The molecule has 1 fully saturated rings. The van der Waals surface area contributed by atoms with Gasteiger partial charge in [-0.1, -0.05) is 6.07 Å². The summed E-state index contributed by atoms with van der Waals surface area (Å²) >= 11 is 5.83. The minimum Gasteiger partial charge on any atom is -0.477 e. The molecular formula is C13H19ClN2O. The maximum atomic E-state index is 5.83. The van der Waals surface area contributed by atoms with E-state index in [4.69, 9.17) is 16.3 Å². The van der Waals surface area contributed by atoms with Crippen LogP contribution >= 0.6 is 11.6 Å². The third-order valence-electron chi connectivity index (χ3n) is 3.36. The highest BCUT2D eigenvalue weighted by Crippen LogP contribution is 2.20. The third-order valence-corrected chi connectivity index (χ3v) is 3.64. The van der Waals surface area contributed by atoms with E-state index >= 15 is 0 Å². The van der Waals surface area contributed by atoms with Crippen LogP contribution in [0.3, 0.4) is 0 Å². The van der Waals surface area contributed by atoms with Crippen molar-refractivity contribution in [3.05, 3.63) is 23.9 Å². The second-order valence-corrected chi connectivity index (χ2v) is 4.78. The molecule has 1 aliphatic heterocycles. The molecule has 0 amide bonds. The van der Waals surface area contributed by atoms with E-state index in [1.54, 1.807) is 6.20 Å². The number of rotatable bonds is 5. The fourth-order valence-electron chi connectivity index (χ4n) is 2.29. The highest BCUT2D eigenvalue weighted by atomic mass is 35.5. The molecule has 3 nitrogen and oxygen atoms in total. The van der Waals surface area contributed by atoms with E-state index in [1.807, 2.05) is 12.1 Å². The van der Waals surface area contributed by atoms with Gasteiger partial charge in [-0.05, 0) is 38.9 Å². The van der Waals surface area contributed by atoms with Crippen molar-refractivity contribution in [2.75, 3.05) is 20.2 Å². The highest BCUT2D eigenvalue weighted by molar-refractivity contribution is 6.17. The maximum Gasteiger partial charge on any atom is 0.217 e. The van der Waals surface area contributed by atoms with E-state index < -0.39 is 0 Å². The molecule has 0 aromatic carbocycles. The summed E-state index contributed by atoms with van der Waals surface area (Å²) in [5.41, 5.74) is 0.967. The molecule has 1 unspecified atom stereocenters. The molecule has 2 rings (SSSR count). The zero-order valence-electron chi connectivity index (χ0n) is 10.2. The quantitative estimate of drug-likeness (QED) is 0.756. The summed E-state index contributed by atoms with van der Waals surface area (Å²) in [5, 5.41) is 0. The standard InChI is InChI=1S/C13H19ClN2O/c1-16-8-3-5-12(16)6-9-17-13-11(10-14)4-2-7-15-13/h2,4,7,12H,3,5-6,8-10H2,1H3. The van der Waals surface area contributed by atoms with Gasteiger partial charge in [0.1, 0.15) is 0 Å². The number of alkyl halides is 1. The lowest BCUT2D eigenvalue weighted by molar-refractivity contribution is 0.227. The topological polar surface area (TPSA) is 25.4 Å². The van der Waals surface area contributed by atoms with Crippen molar-refractivity contribution in [3.8, 4) is 5.88 Å². The van der Waals surface area contributed by atoms with Crippen LogP contribution in [0.1, 0.15) is 24.8 Å². The highest BCUT2D eigenvalue weighted by Gasteiger charge is 2.20. The summed E-state index contributed by atoms with van der Waals surface area (Å²) in [6, 6.07) is 4.50. The number of nitrogens with zero attached hydrogens (tertiary/aromatic N) is 2. The van der Waals surface area contributed by atoms with Gasteiger partial charge in [-0.2, -0.15) is 0 Å². The SMILES string of the molecule is CN1CCCC1CCOc1ncccc1CCl. The molecule has 1 atom stereocenters. The fourth-order valence-corrected chi connectivity index (χ4v) is 2.49. The summed E-state index contributed by atoms with van der Waals surface area (Å²) in [6.07, 6.45) is 5.39. The van der Waals surface area contributed by atoms with Crippen LogP contribution in [0.2, 0.25) is 0 Å². The lowest BCUT2D eigenvalue weighted by atomic mass is 10.1. The van der Waals surface area contributed by atoms with E-state index in [9.17, 15) is 0 Å². The lowest BCUT2D eigenvalue weighted by Crippen LogP contribution is -2.26. The van der Waals surface area contributed by atoms with Crippen LogP contribution in [-0.4, -0.2) is 36.1 Å². The number of hydrogen-bond donors (Lipinski definition) is 0. The Hall–Kier alpha value is -0.800. The van der Waals surface area contributed by atoms with Gasteiger partial charge in [0.2, 0.25) is 5.88 Å². The fraction of sp³-hybridized carbons (Fsp3) is 0.615. The molecule has 1 aromatic heterocycles. The largest absolute Gasteiger partial charge is 0.477 e. The van der Waals surface area contributed by atoms with Gasteiger partial charge < -0.3 is 9.64 Å². The first-order valence-corrected chi connectivity index (χ1v) is 6.67. The van der Waals surface area contributed by atoms with Crippen LogP contribution in [0.4, 0.5) is 0 Å². The molecule has 0 radical (unpaired) electrons. The lowest BCUT2D eigenvalue weighted by Gasteiger charge is -2.19. The molecule has 4 heteroatoms. The average Bonchev–Trinajstić information content (AvgIpc) is 2.76. The van der Waals surface area contributed by atoms with E-state index in [1.165, 1.54) is 19.4 Å². The predicted octanol–water partition coefficient (Wildman–Crippen LogP) is 2.68. The smallest absolute Gasteiger partial charge is 0.217 e. The Bertz CT molecular complexity index is 359. The van der Waals surface area contributed by atoms with Crippen molar-refractivity contribution in [1.82, 2.24) is 9.88 Å². The van der Waals surface area contributed by atoms with E-state index in [2.05, 4.69) is 16.9 Å². The Morgan fingerprint density at radius 3 is 3.18 bits per heavy atom. The number of ether oxygens (including phenoxy) is 1. The second kappa shape index (κ2) is 6.22. The number of hydrogen-bond acceptors (Lipinski definition) is 3. The van der Waals surface area contributed by atoms with Gasteiger partial charge in [0.15, 0.2) is 0 Å². The molecule has 0 saturated carbocycles. The van der Waals surface area contributed by atoms with Crippen molar-refractivity contribution < 1.29 is 4.74 Å². The Labute approximate surface area is 108 Å². The normalized spacial score (nSPS) is 20.7. The van der Waals surface area contributed by atoms with Gasteiger partial charge in [0, 0.05) is 17.8 Å². The number of pyridine rings is 1. The van der Waals surface area contributed by atoms with Crippen molar-refractivity contribution in [2.45, 2.75) is 31.2 Å². The first kappa shape index (κ1) is 12.7. The first-order chi connectivity index (χ1) is 8.31. The Kier molecular flexibility index (Phi) is 4.63. The van der Waals surface area contributed by atoms with Crippen molar-refractivity contribution in [3.63, 3.8) is 0 Å². The molecule has 0 N–H and O–H groups in total. The molecule has 94 valence electrons. The minimum atomic E-state index is 0.451. The minimum absolute atomic E-state index is 0.451. The van der Waals surface area contributed by atoms with Crippen LogP contribution in [-0.2, 0) is 5.88 Å². The van der Waals surface area contributed by atoms with Crippen LogP contribution in [0, 0.1) is 0 Å². The summed E-state index contributed by atoms with van der Waals surface area (Å²) < 4.78 is 5.72. The van der Waals surface area contributed by atoms with Crippen molar-refractivity contribution >= 4 is 11.6 Å². The molecular weight excluding hydrogens is 236 g/mol. The summed E-state index contributed by atoms with van der Waals surface area (Å²) in [6.45, 7) is 1.93. The van der Waals surface area contributed by atoms with Crippen LogP contribution in [0.5, 0.6) is 5.88 Å². The summed E-state index contributed by atoms with van der Waals surface area (Å²) in [7, 11) is 2.18. The number of halogens is 1. The Morgan fingerprint density at radius 2 is 2.47 bits per heavy atom. The zero-order valence-corrected chi connectivity index (χ0v) is 11.0. The van der Waals surface area contributed by atoms with Crippen molar-refractivity contribution in [2.24, 2.45) is 0 Å². The van der Waals surface area contributed by atoms with E-state index in [0.29, 0.717) is 17.8 Å². The van der Waals surface area contributed by atoms with Gasteiger partial charge in [-0.25, -0.2) is 4.98 Å². The van der Waals surface area contributed by atoms with E-state index in [0.717, 1.165) is 18.6 Å². The Balaban J connectivity index is 1.81. The molecule has 1 aliphatic rings. The average molecular weight is 255 g/mol. The number of likely N-dealkylation sites (tertiary alicyclic amines) is 1. The van der Waals surface area contributed by atoms with Crippen molar-refractivity contribution in [1.29, 1.82) is 0 Å².